The van der Waals surface area contributed by atoms with E-state index in [0.29, 0.717) is 24.1 Å². The van der Waals surface area contributed by atoms with E-state index in [1.165, 1.54) is 12.4 Å². The van der Waals surface area contributed by atoms with Crippen LogP contribution in [-0.2, 0) is 0 Å². The van der Waals surface area contributed by atoms with E-state index in [0.717, 1.165) is 17.7 Å². The van der Waals surface area contributed by atoms with Crippen LogP contribution in [0.4, 0.5) is 5.82 Å². The molecule has 1 amide bonds. The molecular formula is C21H21N5O2. The van der Waals surface area contributed by atoms with Crippen LogP contribution in [0, 0.1) is 6.92 Å². The molecule has 28 heavy (non-hydrogen) atoms. The first-order valence-electron chi connectivity index (χ1n) is 9.22. The van der Waals surface area contributed by atoms with Gasteiger partial charge in [-0.3, -0.25) is 14.6 Å². The summed E-state index contributed by atoms with van der Waals surface area (Å²) < 4.78 is 1.55. The summed E-state index contributed by atoms with van der Waals surface area (Å²) in [5, 5.41) is 4.29. The zero-order valence-electron chi connectivity index (χ0n) is 15.6. The number of ketones is 1. The number of likely N-dealkylation sites (tertiary alicyclic amines) is 1. The number of nitrogens with two attached hydrogens (primary N) is 1. The van der Waals surface area contributed by atoms with Crippen LogP contribution in [0.15, 0.2) is 55.0 Å². The maximum absolute atomic E-state index is 13.2. The molecule has 0 saturated carbocycles. The first-order chi connectivity index (χ1) is 13.6. The maximum atomic E-state index is 13.2. The van der Waals surface area contributed by atoms with E-state index < -0.39 is 6.04 Å². The minimum Gasteiger partial charge on any atom is -0.383 e. The number of nitrogens with zero attached hydrogens (tertiary/aromatic N) is 4. The lowest BCUT2D eigenvalue weighted by Crippen LogP contribution is -2.40. The lowest BCUT2D eigenvalue weighted by molar-refractivity contribution is 0.0671. The molecule has 0 radical (unpaired) electrons. The third-order valence-corrected chi connectivity index (χ3v) is 5.08. The molecule has 3 heterocycles. The van der Waals surface area contributed by atoms with Gasteiger partial charge in [0.05, 0.1) is 29.1 Å². The standard InChI is InChI=1S/C21H21N5O2/c1-14-6-8-16(9-7-14)26-20(22)17(13-24-26)19(27)18-5-3-11-25(18)21(28)15-4-2-10-23-12-15/h2,4,6-10,12-13,18H,3,5,11,22H2,1H3. The van der Waals surface area contributed by atoms with E-state index in [-0.39, 0.29) is 17.5 Å². The second kappa shape index (κ2) is 7.26. The summed E-state index contributed by atoms with van der Waals surface area (Å²) in [5.74, 6) is -0.0754. The fraction of sp³-hybridized carbons (Fsp3) is 0.238. The van der Waals surface area contributed by atoms with Crippen molar-refractivity contribution in [3.63, 3.8) is 0 Å². The molecule has 7 heteroatoms. The normalized spacial score (nSPS) is 16.3. The van der Waals surface area contributed by atoms with Crippen molar-refractivity contribution in [3.8, 4) is 5.69 Å². The summed E-state index contributed by atoms with van der Waals surface area (Å²) >= 11 is 0. The van der Waals surface area contributed by atoms with E-state index in [4.69, 9.17) is 5.73 Å². The summed E-state index contributed by atoms with van der Waals surface area (Å²) in [6.45, 7) is 2.54. The van der Waals surface area contributed by atoms with Gasteiger partial charge in [0, 0.05) is 18.9 Å². The number of rotatable bonds is 4. The van der Waals surface area contributed by atoms with Crippen LogP contribution >= 0.6 is 0 Å². The highest BCUT2D eigenvalue weighted by atomic mass is 16.2. The molecule has 3 aromatic rings. The number of aromatic nitrogens is 3. The van der Waals surface area contributed by atoms with E-state index in [1.54, 1.807) is 27.9 Å². The van der Waals surface area contributed by atoms with Crippen LogP contribution in [0.5, 0.6) is 0 Å². The third kappa shape index (κ3) is 3.15. The average molecular weight is 375 g/mol. The van der Waals surface area contributed by atoms with Crippen LogP contribution in [0.1, 0.15) is 39.1 Å². The first-order valence-corrected chi connectivity index (χ1v) is 9.22. The van der Waals surface area contributed by atoms with Gasteiger partial charge >= 0.3 is 0 Å². The summed E-state index contributed by atoms with van der Waals surface area (Å²) in [4.78, 5) is 31.6. The van der Waals surface area contributed by atoms with Crippen LogP contribution in [0.25, 0.3) is 5.69 Å². The predicted molar refractivity (Wildman–Crippen MR) is 105 cm³/mol. The van der Waals surface area contributed by atoms with Gasteiger partial charge in [-0.1, -0.05) is 17.7 Å². The van der Waals surface area contributed by atoms with E-state index in [2.05, 4.69) is 10.1 Å². The molecular weight excluding hydrogens is 354 g/mol. The number of aryl methyl sites for hydroxylation is 1. The molecule has 0 aliphatic carbocycles. The van der Waals surface area contributed by atoms with Crippen LogP contribution in [-0.4, -0.2) is 43.9 Å². The highest BCUT2D eigenvalue weighted by Crippen LogP contribution is 2.26. The molecule has 0 spiro atoms. The van der Waals surface area contributed by atoms with Crippen LogP contribution in [0.2, 0.25) is 0 Å². The number of hydrogen-bond acceptors (Lipinski definition) is 5. The van der Waals surface area contributed by atoms with Gasteiger partial charge in [-0.2, -0.15) is 5.10 Å². The number of carbonyl (C=O) groups is 2. The van der Waals surface area contributed by atoms with Crippen LogP contribution < -0.4 is 5.73 Å². The topological polar surface area (TPSA) is 94.1 Å². The zero-order chi connectivity index (χ0) is 19.7. The van der Waals surface area contributed by atoms with Gasteiger partial charge in [0.25, 0.3) is 5.91 Å². The Bertz CT molecular complexity index is 1010. The molecule has 1 aliphatic rings. The predicted octanol–water partition coefficient (Wildman–Crippen LogP) is 2.65. The van der Waals surface area contributed by atoms with Gasteiger partial charge in [0.15, 0.2) is 5.78 Å². The van der Waals surface area contributed by atoms with E-state index >= 15 is 0 Å². The number of carbonyl (C=O) groups excluding carboxylic acids is 2. The van der Waals surface area contributed by atoms with Crippen molar-refractivity contribution >= 4 is 17.5 Å². The average Bonchev–Trinajstić information content (AvgIpc) is 3.35. The van der Waals surface area contributed by atoms with Crippen molar-refractivity contribution < 1.29 is 9.59 Å². The smallest absolute Gasteiger partial charge is 0.256 e. The van der Waals surface area contributed by atoms with Crippen molar-refractivity contribution in [2.24, 2.45) is 0 Å². The summed E-state index contributed by atoms with van der Waals surface area (Å²) in [6, 6.07) is 10.6. The molecule has 1 saturated heterocycles. The fourth-order valence-corrected chi connectivity index (χ4v) is 3.56. The molecule has 1 unspecified atom stereocenters. The largest absolute Gasteiger partial charge is 0.383 e. The van der Waals surface area contributed by atoms with Gasteiger partial charge in [0.1, 0.15) is 5.82 Å². The molecule has 142 valence electrons. The highest BCUT2D eigenvalue weighted by Gasteiger charge is 2.36. The summed E-state index contributed by atoms with van der Waals surface area (Å²) in [7, 11) is 0. The van der Waals surface area contributed by atoms with Crippen molar-refractivity contribution in [3.05, 3.63) is 71.7 Å². The van der Waals surface area contributed by atoms with Gasteiger partial charge < -0.3 is 10.6 Å². The van der Waals surface area contributed by atoms with Gasteiger partial charge in [0.2, 0.25) is 0 Å². The van der Waals surface area contributed by atoms with Gasteiger partial charge in [-0.05, 0) is 44.0 Å². The number of nitrogen functional groups attached to an aromatic ring is 1. The Morgan fingerprint density at radius 3 is 2.64 bits per heavy atom. The molecule has 1 atom stereocenters. The van der Waals surface area contributed by atoms with Gasteiger partial charge in [-0.15, -0.1) is 0 Å². The maximum Gasteiger partial charge on any atom is 0.256 e. The second-order valence-electron chi connectivity index (χ2n) is 6.95. The Morgan fingerprint density at radius 1 is 1.14 bits per heavy atom. The Hall–Kier alpha value is -3.48. The number of Topliss-reactive ketones (excluding diaryl/α,β-unsaturated/α-hetero) is 1. The Morgan fingerprint density at radius 2 is 1.93 bits per heavy atom. The SMILES string of the molecule is Cc1ccc(-n2ncc(C(=O)C3CCCN3C(=O)c3cccnc3)c2N)cc1. The fourth-order valence-electron chi connectivity index (χ4n) is 3.56. The molecule has 4 rings (SSSR count). The van der Waals surface area contributed by atoms with Crippen molar-refractivity contribution in [1.29, 1.82) is 0 Å². The number of benzene rings is 1. The number of hydrogen-bond donors (Lipinski definition) is 1. The van der Waals surface area contributed by atoms with Crippen molar-refractivity contribution in [2.45, 2.75) is 25.8 Å². The molecule has 2 N–H and O–H groups in total. The Balaban J connectivity index is 1.60. The molecule has 1 aromatic carbocycles. The first kappa shape index (κ1) is 17.9. The number of anilines is 1. The Labute approximate surface area is 162 Å². The highest BCUT2D eigenvalue weighted by molar-refractivity contribution is 6.07. The lowest BCUT2D eigenvalue weighted by Gasteiger charge is -2.23. The third-order valence-electron chi connectivity index (χ3n) is 5.08. The summed E-state index contributed by atoms with van der Waals surface area (Å²) in [5.41, 5.74) is 8.98. The van der Waals surface area contributed by atoms with Crippen molar-refractivity contribution in [2.75, 3.05) is 12.3 Å². The molecule has 1 fully saturated rings. The minimum atomic E-state index is -0.536. The lowest BCUT2D eigenvalue weighted by atomic mass is 10.0. The molecule has 1 aliphatic heterocycles. The Kier molecular flexibility index (Phi) is 4.65. The number of pyridine rings is 1. The number of amides is 1. The molecule has 2 aromatic heterocycles. The minimum absolute atomic E-state index is 0.175. The van der Waals surface area contributed by atoms with Crippen molar-refractivity contribution in [1.82, 2.24) is 19.7 Å². The second-order valence-corrected chi connectivity index (χ2v) is 6.95. The van der Waals surface area contributed by atoms with E-state index in [1.807, 2.05) is 31.2 Å². The van der Waals surface area contributed by atoms with E-state index in [9.17, 15) is 9.59 Å². The monoisotopic (exact) mass is 375 g/mol. The molecule has 7 nitrogen and oxygen atoms in total. The zero-order valence-corrected chi connectivity index (χ0v) is 15.6. The summed E-state index contributed by atoms with van der Waals surface area (Å²) in [6.07, 6.45) is 6.01. The quantitative estimate of drug-likeness (QED) is 0.708. The van der Waals surface area contributed by atoms with Gasteiger partial charge in [-0.25, -0.2) is 4.68 Å². The molecule has 0 bridgehead atoms. The van der Waals surface area contributed by atoms with Crippen LogP contribution in [0.3, 0.4) is 0 Å².